The molecule has 0 saturated carbocycles. The van der Waals surface area contributed by atoms with Gasteiger partial charge in [-0.3, -0.25) is 0 Å². The number of hydrogen-bond acceptors (Lipinski definition) is 4. The fourth-order valence-electron chi connectivity index (χ4n) is 1.82. The van der Waals surface area contributed by atoms with E-state index in [-0.39, 0.29) is 12.7 Å². The van der Waals surface area contributed by atoms with Crippen molar-refractivity contribution in [2.75, 3.05) is 13.2 Å². The Hall–Kier alpha value is -0.420. The zero-order valence-electron chi connectivity index (χ0n) is 7.35. The van der Waals surface area contributed by atoms with Crippen LogP contribution in [0, 0.1) is 0 Å². The number of rotatable bonds is 2. The van der Waals surface area contributed by atoms with Gasteiger partial charge in [-0.15, -0.1) is 6.58 Å². The maximum absolute atomic E-state index is 9.77. The molecule has 2 aliphatic heterocycles. The minimum absolute atomic E-state index is 0.0395. The highest BCUT2D eigenvalue weighted by atomic mass is 16.6. The Morgan fingerprint density at radius 1 is 1.62 bits per heavy atom. The molecule has 2 fully saturated rings. The first-order chi connectivity index (χ1) is 6.22. The fraction of sp³-hybridized carbons (Fsp3) is 0.778. The van der Waals surface area contributed by atoms with Crippen LogP contribution in [0.15, 0.2) is 12.7 Å². The number of aliphatic hydroxyl groups is 2. The van der Waals surface area contributed by atoms with Crippen molar-refractivity contribution in [3.05, 3.63) is 12.7 Å². The molecule has 4 heteroatoms. The van der Waals surface area contributed by atoms with Gasteiger partial charge in [-0.1, -0.05) is 6.08 Å². The van der Waals surface area contributed by atoms with Crippen LogP contribution < -0.4 is 0 Å². The maximum atomic E-state index is 9.77. The molecule has 0 aliphatic carbocycles. The molecule has 2 rings (SSSR count). The molecule has 0 aromatic rings. The summed E-state index contributed by atoms with van der Waals surface area (Å²) < 4.78 is 10.6. The van der Waals surface area contributed by atoms with Crippen molar-refractivity contribution in [2.24, 2.45) is 0 Å². The SMILES string of the molecule is C=CC1OC(CO)CC2(CO2)C1O. The van der Waals surface area contributed by atoms with Crippen LogP contribution in [0.2, 0.25) is 0 Å². The Labute approximate surface area is 76.8 Å². The third-order valence-corrected chi connectivity index (χ3v) is 2.72. The van der Waals surface area contributed by atoms with Crippen molar-refractivity contribution in [3.63, 3.8) is 0 Å². The van der Waals surface area contributed by atoms with Gasteiger partial charge in [0, 0.05) is 6.42 Å². The molecule has 74 valence electrons. The van der Waals surface area contributed by atoms with Gasteiger partial charge in [0.2, 0.25) is 0 Å². The van der Waals surface area contributed by atoms with Crippen molar-refractivity contribution < 1.29 is 19.7 Å². The summed E-state index contributed by atoms with van der Waals surface area (Å²) in [5.74, 6) is 0. The molecule has 0 aromatic carbocycles. The van der Waals surface area contributed by atoms with Crippen molar-refractivity contribution in [1.82, 2.24) is 0 Å². The van der Waals surface area contributed by atoms with Crippen LogP contribution in [0.1, 0.15) is 6.42 Å². The summed E-state index contributed by atoms with van der Waals surface area (Å²) in [6.45, 7) is 4.09. The molecule has 2 aliphatic rings. The van der Waals surface area contributed by atoms with E-state index in [4.69, 9.17) is 14.6 Å². The molecule has 4 nitrogen and oxygen atoms in total. The Morgan fingerprint density at radius 2 is 2.31 bits per heavy atom. The third kappa shape index (κ3) is 1.40. The van der Waals surface area contributed by atoms with Crippen LogP contribution in [0.4, 0.5) is 0 Å². The smallest absolute Gasteiger partial charge is 0.123 e. The van der Waals surface area contributed by atoms with Crippen molar-refractivity contribution in [3.8, 4) is 0 Å². The zero-order chi connectivity index (χ0) is 9.47. The van der Waals surface area contributed by atoms with E-state index < -0.39 is 17.8 Å². The molecule has 13 heavy (non-hydrogen) atoms. The second-order valence-electron chi connectivity index (χ2n) is 3.64. The minimum Gasteiger partial charge on any atom is -0.394 e. The lowest BCUT2D eigenvalue weighted by molar-refractivity contribution is -0.143. The predicted octanol–water partition coefficient (Wildman–Crippen LogP) is -0.548. The third-order valence-electron chi connectivity index (χ3n) is 2.72. The molecule has 2 N–H and O–H groups in total. The second-order valence-corrected chi connectivity index (χ2v) is 3.64. The molecule has 1 spiro atoms. The van der Waals surface area contributed by atoms with Gasteiger partial charge in [-0.05, 0) is 0 Å². The predicted molar refractivity (Wildman–Crippen MR) is 45.3 cm³/mol. The first-order valence-electron chi connectivity index (χ1n) is 4.43. The largest absolute Gasteiger partial charge is 0.394 e. The van der Waals surface area contributed by atoms with Crippen LogP contribution in [0.3, 0.4) is 0 Å². The second kappa shape index (κ2) is 3.06. The number of epoxide rings is 1. The molecule has 4 atom stereocenters. The molecule has 0 radical (unpaired) electrons. The van der Waals surface area contributed by atoms with E-state index in [9.17, 15) is 5.11 Å². The summed E-state index contributed by atoms with van der Waals surface area (Å²) in [5, 5.41) is 18.7. The average Bonchev–Trinajstić information content (AvgIpc) is 2.91. The van der Waals surface area contributed by atoms with Gasteiger partial charge < -0.3 is 19.7 Å². The lowest BCUT2D eigenvalue weighted by Crippen LogP contribution is -2.50. The van der Waals surface area contributed by atoms with Gasteiger partial charge in [0.05, 0.1) is 19.3 Å². The average molecular weight is 186 g/mol. The monoisotopic (exact) mass is 186 g/mol. The zero-order valence-corrected chi connectivity index (χ0v) is 7.35. The van der Waals surface area contributed by atoms with E-state index in [1.807, 2.05) is 0 Å². The summed E-state index contributed by atoms with van der Waals surface area (Å²) in [6.07, 6.45) is 0.806. The van der Waals surface area contributed by atoms with Crippen LogP contribution in [-0.2, 0) is 9.47 Å². The van der Waals surface area contributed by atoms with E-state index >= 15 is 0 Å². The lowest BCUT2D eigenvalue weighted by Gasteiger charge is -2.35. The van der Waals surface area contributed by atoms with Gasteiger partial charge in [0.25, 0.3) is 0 Å². The van der Waals surface area contributed by atoms with Gasteiger partial charge in [0.15, 0.2) is 0 Å². The molecule has 2 heterocycles. The highest BCUT2D eigenvalue weighted by molar-refractivity contribution is 5.09. The van der Waals surface area contributed by atoms with E-state index in [2.05, 4.69) is 6.58 Å². The van der Waals surface area contributed by atoms with Crippen LogP contribution in [0.5, 0.6) is 0 Å². The number of hydrogen-bond donors (Lipinski definition) is 2. The van der Waals surface area contributed by atoms with Crippen LogP contribution >= 0.6 is 0 Å². The summed E-state index contributed by atoms with van der Waals surface area (Å²) in [5.41, 5.74) is -0.468. The number of ether oxygens (including phenoxy) is 2. The van der Waals surface area contributed by atoms with E-state index in [1.165, 1.54) is 0 Å². The Morgan fingerprint density at radius 3 is 2.77 bits per heavy atom. The first kappa shape index (κ1) is 9.15. The van der Waals surface area contributed by atoms with E-state index in [0.717, 1.165) is 0 Å². The Bertz CT molecular complexity index is 212. The van der Waals surface area contributed by atoms with Gasteiger partial charge in [-0.25, -0.2) is 0 Å². The highest BCUT2D eigenvalue weighted by Crippen LogP contribution is 2.42. The Kier molecular flexibility index (Phi) is 2.15. The van der Waals surface area contributed by atoms with Crippen molar-refractivity contribution >= 4 is 0 Å². The molecule has 4 unspecified atom stereocenters. The summed E-state index contributed by atoms with van der Waals surface area (Å²) in [6, 6.07) is 0. The van der Waals surface area contributed by atoms with Gasteiger partial charge in [-0.2, -0.15) is 0 Å². The van der Waals surface area contributed by atoms with E-state index in [0.29, 0.717) is 13.0 Å². The van der Waals surface area contributed by atoms with E-state index in [1.54, 1.807) is 6.08 Å². The summed E-state index contributed by atoms with van der Waals surface area (Å²) in [4.78, 5) is 0. The Balaban J connectivity index is 2.10. The van der Waals surface area contributed by atoms with Gasteiger partial charge in [0.1, 0.15) is 17.8 Å². The first-order valence-corrected chi connectivity index (χ1v) is 4.43. The normalized spacial score (nSPS) is 49.2. The van der Waals surface area contributed by atoms with Crippen LogP contribution in [-0.4, -0.2) is 47.3 Å². The summed E-state index contributed by atoms with van der Waals surface area (Å²) >= 11 is 0. The maximum Gasteiger partial charge on any atom is 0.123 e. The topological polar surface area (TPSA) is 62.2 Å². The minimum atomic E-state index is -0.646. The lowest BCUT2D eigenvalue weighted by atomic mass is 9.89. The molecular formula is C9H14O4. The molecule has 0 bridgehead atoms. The molecule has 0 aromatic heterocycles. The molecular weight excluding hydrogens is 172 g/mol. The van der Waals surface area contributed by atoms with Crippen LogP contribution in [0.25, 0.3) is 0 Å². The summed E-state index contributed by atoms with van der Waals surface area (Å²) in [7, 11) is 0. The number of aliphatic hydroxyl groups excluding tert-OH is 2. The van der Waals surface area contributed by atoms with Crippen molar-refractivity contribution in [2.45, 2.75) is 30.3 Å². The molecule has 0 amide bonds. The quantitative estimate of drug-likeness (QED) is 0.449. The highest BCUT2D eigenvalue weighted by Gasteiger charge is 2.57. The van der Waals surface area contributed by atoms with Crippen molar-refractivity contribution in [1.29, 1.82) is 0 Å². The molecule has 2 saturated heterocycles. The standard InChI is InChI=1S/C9H14O4/c1-2-7-8(11)9(5-12-9)3-6(4-10)13-7/h2,6-8,10-11H,1,3-5H2. The van der Waals surface area contributed by atoms with Gasteiger partial charge >= 0.3 is 0 Å². The fourth-order valence-corrected chi connectivity index (χ4v) is 1.82.